The van der Waals surface area contributed by atoms with E-state index in [-0.39, 0.29) is 33.8 Å². The molecule has 53 heavy (non-hydrogen) atoms. The van der Waals surface area contributed by atoms with E-state index in [9.17, 15) is 19.8 Å². The largest absolute Gasteiger partial charge is 2.00 e. The van der Waals surface area contributed by atoms with Crippen molar-refractivity contribution >= 4 is 40.3 Å². The molecule has 1 aliphatic rings. The number of amides is 1. The van der Waals surface area contributed by atoms with Crippen molar-refractivity contribution in [3.63, 3.8) is 0 Å². The van der Waals surface area contributed by atoms with Crippen molar-refractivity contribution in [3.8, 4) is 0 Å². The molecule has 6 rings (SSSR count). The van der Waals surface area contributed by atoms with Crippen molar-refractivity contribution < 1.29 is 41.0 Å². The zero-order valence-electron chi connectivity index (χ0n) is 29.8. The molecule has 0 aliphatic carbocycles. The molecule has 274 valence electrons. The molecule has 0 unspecified atom stereocenters. The molecule has 1 saturated heterocycles. The monoisotopic (exact) mass is 753 g/mol. The maximum Gasteiger partial charge on any atom is 2.00 e. The predicted molar refractivity (Wildman–Crippen MR) is 198 cm³/mol. The second-order valence-electron chi connectivity index (χ2n) is 13.7. The summed E-state index contributed by atoms with van der Waals surface area (Å²) in [6.45, 7) is 6.55. The van der Waals surface area contributed by atoms with Crippen LogP contribution in [0, 0.1) is 0 Å². The Hall–Kier alpha value is -5.38. The van der Waals surface area contributed by atoms with Crippen LogP contribution in [0.3, 0.4) is 0 Å². The Kier molecular flexibility index (Phi) is 12.8. The van der Waals surface area contributed by atoms with Crippen LogP contribution in [0.1, 0.15) is 62.0 Å². The van der Waals surface area contributed by atoms with E-state index in [1.54, 1.807) is 75.4 Å². The molecule has 2 heterocycles. The Bertz CT molecular complexity index is 2080. The molecular weight excluding hydrogens is 713 g/mol. The number of benzene rings is 4. The van der Waals surface area contributed by atoms with Crippen LogP contribution in [0.15, 0.2) is 131 Å². The third-order valence-corrected chi connectivity index (χ3v) is 8.75. The standard InChI is InChI=1S/C42H43N5O5.Ni/c1-42(2,3)52-41(51)46-37(34-25-24-29-17-10-12-21-32(29)43-34)38(40(49)50)45-36(30-18-8-5-9-19-30)31-20-11-13-22-33(31)44-39(48)35-23-14-26-47(35)27-28-15-6-4-7-16-28;/h4-13,15-22,24-25,35,37-38H,14,23,26-27H2,1-3H3,(H,44,48)(H,46,51)(H,49,50);/q;+2/p-2/t35-,37-,38-;/m1./s1. The number of aromatic nitrogens is 1. The van der Waals surface area contributed by atoms with Crippen LogP contribution >= 0.6 is 0 Å². The number of fused-ring (bicyclic) bond motifs is 1. The number of carbonyl (C=O) groups excluding carboxylic acids is 2. The van der Waals surface area contributed by atoms with E-state index in [1.165, 1.54) is 0 Å². The number of carboxylic acid groups (broad SMARTS) is 1. The number of nitrogens with zero attached hydrogens (tertiary/aromatic N) is 4. The van der Waals surface area contributed by atoms with Crippen LogP contribution in [-0.4, -0.2) is 57.8 Å². The Balaban J connectivity index is 0.00000541. The van der Waals surface area contributed by atoms with E-state index in [4.69, 9.17) is 14.7 Å². The van der Waals surface area contributed by atoms with Gasteiger partial charge < -0.3 is 25.1 Å². The summed E-state index contributed by atoms with van der Waals surface area (Å²) in [4.78, 5) is 42.7. The molecule has 0 radical (unpaired) electrons. The third-order valence-electron chi connectivity index (χ3n) is 8.75. The molecule has 3 atom stereocenters. The normalized spacial score (nSPS) is 16.4. The molecule has 10 nitrogen and oxygen atoms in total. The topological polar surface area (TPSA) is 142 Å². The molecule has 0 saturated carbocycles. The van der Waals surface area contributed by atoms with Crippen LogP contribution < -0.4 is 15.5 Å². The summed E-state index contributed by atoms with van der Waals surface area (Å²) in [6, 6.07) is 33.6. The number of nitrogens with one attached hydrogen (secondary N) is 1. The molecule has 1 amide bonds. The maximum atomic E-state index is 13.9. The van der Waals surface area contributed by atoms with Crippen LogP contribution in [0.5, 0.6) is 0 Å². The number of para-hydroxylation sites is 2. The smallest absolute Gasteiger partial charge is 0.861 e. The van der Waals surface area contributed by atoms with Gasteiger partial charge in [0, 0.05) is 29.1 Å². The fourth-order valence-corrected chi connectivity index (χ4v) is 6.38. The van der Waals surface area contributed by atoms with E-state index in [0.29, 0.717) is 35.3 Å². The predicted octanol–water partition coefficient (Wildman–Crippen LogP) is 5.51. The summed E-state index contributed by atoms with van der Waals surface area (Å²) >= 11 is 0. The van der Waals surface area contributed by atoms with Gasteiger partial charge in [0.05, 0.1) is 28.6 Å². The first-order valence-electron chi connectivity index (χ1n) is 17.4. The Morgan fingerprint density at radius 2 is 1.55 bits per heavy atom. The molecule has 4 aromatic carbocycles. The fourth-order valence-electron chi connectivity index (χ4n) is 6.38. The number of alkyl carbamates (subject to hydrolysis) is 1. The van der Waals surface area contributed by atoms with Gasteiger partial charge in [-0.1, -0.05) is 103 Å². The van der Waals surface area contributed by atoms with Gasteiger partial charge >= 0.3 is 22.6 Å². The number of hydrogen-bond donors (Lipinski definition) is 1. The van der Waals surface area contributed by atoms with E-state index in [1.807, 2.05) is 66.7 Å². The van der Waals surface area contributed by atoms with Crippen molar-refractivity contribution in [2.24, 2.45) is 9.98 Å². The zero-order valence-corrected chi connectivity index (χ0v) is 30.7. The van der Waals surface area contributed by atoms with Gasteiger partial charge in [0.2, 0.25) is 0 Å². The molecule has 0 spiro atoms. The van der Waals surface area contributed by atoms with Gasteiger partial charge in [-0.3, -0.25) is 19.9 Å². The van der Waals surface area contributed by atoms with Crippen molar-refractivity contribution in [2.45, 2.75) is 63.9 Å². The van der Waals surface area contributed by atoms with Gasteiger partial charge in [-0.05, 0) is 69.8 Å². The maximum absolute atomic E-state index is 13.9. The molecule has 1 fully saturated rings. The van der Waals surface area contributed by atoms with Gasteiger partial charge in [0.25, 0.3) is 0 Å². The van der Waals surface area contributed by atoms with Gasteiger partial charge in [-0.15, -0.1) is 0 Å². The molecule has 1 N–H and O–H groups in total. The van der Waals surface area contributed by atoms with E-state index in [0.717, 1.165) is 23.9 Å². The second kappa shape index (κ2) is 17.4. The third kappa shape index (κ3) is 9.94. The van der Waals surface area contributed by atoms with E-state index >= 15 is 0 Å². The van der Waals surface area contributed by atoms with Crippen LogP contribution in [0.25, 0.3) is 10.9 Å². The molecule has 11 heteroatoms. The number of aliphatic carboxylic acids is 1. The minimum Gasteiger partial charge on any atom is -0.861 e. The minimum atomic E-state index is -1.67. The molecule has 1 aliphatic heterocycles. The van der Waals surface area contributed by atoms with Crippen molar-refractivity contribution in [1.29, 1.82) is 0 Å². The number of likely N-dealkylation sites (tertiary alicyclic amines) is 1. The summed E-state index contributed by atoms with van der Waals surface area (Å²) in [5.74, 6) is -1.83. The number of pyridine rings is 1. The first kappa shape index (κ1) is 38.8. The average molecular weight is 755 g/mol. The van der Waals surface area contributed by atoms with E-state index < -0.39 is 35.8 Å². The number of rotatable bonds is 11. The number of carboxylic acids is 1. The zero-order chi connectivity index (χ0) is 36.7. The van der Waals surface area contributed by atoms with Crippen LogP contribution in [-0.2, 0) is 32.6 Å². The first-order valence-corrected chi connectivity index (χ1v) is 17.4. The quantitative estimate of drug-likeness (QED) is 0.107. The van der Waals surface area contributed by atoms with Crippen molar-refractivity contribution in [1.82, 2.24) is 15.2 Å². The van der Waals surface area contributed by atoms with Gasteiger partial charge in [-0.2, -0.15) is 0 Å². The van der Waals surface area contributed by atoms with Gasteiger partial charge in [0.1, 0.15) is 17.7 Å². The minimum absolute atomic E-state index is 0. The number of ether oxygens (including phenoxy) is 1. The van der Waals surface area contributed by atoms with Gasteiger partial charge in [0.15, 0.2) is 0 Å². The summed E-state index contributed by atoms with van der Waals surface area (Å²) in [7, 11) is 0. The SMILES string of the molecule is CC(C)(C)OC(=O)N[C@H](c1ccc2ccccc2n1)[C@@H](N=C(c1ccccc1)c1ccccc1N=C([O-])[C@H]1CCCN1Cc1ccccc1)C(=O)[O-].[Ni+2]. The number of aliphatic imine (C=N–C) groups is 2. The second-order valence-corrected chi connectivity index (χ2v) is 13.7. The Morgan fingerprint density at radius 3 is 2.26 bits per heavy atom. The summed E-state index contributed by atoms with van der Waals surface area (Å²) in [5.41, 5.74) is 2.75. The summed E-state index contributed by atoms with van der Waals surface area (Å²) in [5, 5.41) is 30.6. The van der Waals surface area contributed by atoms with Crippen LogP contribution in [0.2, 0.25) is 0 Å². The van der Waals surface area contributed by atoms with Gasteiger partial charge in [-0.25, -0.2) is 4.79 Å². The molecular formula is C42H41N5NiO5. The average Bonchev–Trinajstić information content (AvgIpc) is 3.60. The Labute approximate surface area is 319 Å². The molecule has 5 aromatic rings. The summed E-state index contributed by atoms with van der Waals surface area (Å²) in [6.07, 6.45) is 0.715. The molecule has 0 bridgehead atoms. The van der Waals surface area contributed by atoms with Crippen molar-refractivity contribution in [3.05, 3.63) is 144 Å². The fraction of sp³-hybridized carbons (Fsp3) is 0.262. The van der Waals surface area contributed by atoms with Crippen molar-refractivity contribution in [2.75, 3.05) is 6.54 Å². The van der Waals surface area contributed by atoms with E-state index in [2.05, 4.69) is 15.2 Å². The first-order chi connectivity index (χ1) is 25.1. The number of carbonyl (C=O) groups is 2. The Morgan fingerprint density at radius 1 is 0.887 bits per heavy atom. The molecule has 1 aromatic heterocycles. The van der Waals surface area contributed by atoms with Crippen LogP contribution in [0.4, 0.5) is 10.5 Å². The number of hydrogen-bond acceptors (Lipinski definition) is 9. The summed E-state index contributed by atoms with van der Waals surface area (Å²) < 4.78 is 5.54.